The molecule has 31 heavy (non-hydrogen) atoms. The first-order chi connectivity index (χ1) is 15.0. The number of aromatic nitrogens is 2. The molecule has 0 unspecified atom stereocenters. The Labute approximate surface area is 177 Å². The summed E-state index contributed by atoms with van der Waals surface area (Å²) < 4.78 is 17.1. The van der Waals surface area contributed by atoms with E-state index in [0.29, 0.717) is 22.8 Å². The van der Waals surface area contributed by atoms with Crippen molar-refractivity contribution in [1.82, 2.24) is 14.9 Å². The number of benzene rings is 2. The highest BCUT2D eigenvalue weighted by molar-refractivity contribution is 5.93. The van der Waals surface area contributed by atoms with Gasteiger partial charge < -0.3 is 24.5 Å². The Morgan fingerprint density at radius 2 is 1.90 bits per heavy atom. The molecule has 0 atom stereocenters. The highest BCUT2D eigenvalue weighted by Crippen LogP contribution is 2.32. The number of H-pyrrole nitrogens is 1. The largest absolute Gasteiger partial charge is 0.492 e. The van der Waals surface area contributed by atoms with Crippen LogP contribution in [-0.2, 0) is 6.54 Å². The zero-order chi connectivity index (χ0) is 21.8. The molecular formula is C22H21N3O6. The van der Waals surface area contributed by atoms with Crippen LogP contribution in [0.15, 0.2) is 58.3 Å². The van der Waals surface area contributed by atoms with Crippen molar-refractivity contribution in [2.24, 2.45) is 0 Å². The minimum absolute atomic E-state index is 0.0114. The summed E-state index contributed by atoms with van der Waals surface area (Å²) in [6.45, 7) is 2.54. The van der Waals surface area contributed by atoms with Crippen LogP contribution >= 0.6 is 0 Å². The molecule has 0 saturated heterocycles. The summed E-state index contributed by atoms with van der Waals surface area (Å²) in [4.78, 5) is 39.8. The molecule has 2 heterocycles. The lowest BCUT2D eigenvalue weighted by Crippen LogP contribution is -2.41. The van der Waals surface area contributed by atoms with Crippen LogP contribution in [0.5, 0.6) is 17.2 Å². The highest BCUT2D eigenvalue weighted by atomic mass is 16.7. The minimum atomic E-state index is -0.682. The third-order valence-corrected chi connectivity index (χ3v) is 4.76. The molecule has 0 fully saturated rings. The Balaban J connectivity index is 1.41. The predicted octanol–water partition coefficient (Wildman–Crippen LogP) is 1.43. The predicted molar refractivity (Wildman–Crippen MR) is 112 cm³/mol. The minimum Gasteiger partial charge on any atom is -0.492 e. The molecule has 0 aliphatic carbocycles. The first kappa shape index (κ1) is 20.3. The molecule has 4 rings (SSSR count). The van der Waals surface area contributed by atoms with Gasteiger partial charge in [-0.3, -0.25) is 14.2 Å². The number of hydrogen-bond acceptors (Lipinski definition) is 6. The maximum absolute atomic E-state index is 12.8. The van der Waals surface area contributed by atoms with E-state index >= 15 is 0 Å². The van der Waals surface area contributed by atoms with Crippen LogP contribution in [0, 0.1) is 6.92 Å². The normalized spacial score (nSPS) is 11.9. The summed E-state index contributed by atoms with van der Waals surface area (Å²) in [5, 5.41) is 2.63. The number of carbonyl (C=O) groups is 1. The lowest BCUT2D eigenvalue weighted by molar-refractivity contribution is 0.0944. The number of hydrogen-bond donors (Lipinski definition) is 2. The average Bonchev–Trinajstić information content (AvgIpc) is 3.23. The monoisotopic (exact) mass is 423 g/mol. The van der Waals surface area contributed by atoms with Gasteiger partial charge in [-0.2, -0.15) is 0 Å². The van der Waals surface area contributed by atoms with Gasteiger partial charge in [-0.1, -0.05) is 23.8 Å². The van der Waals surface area contributed by atoms with Gasteiger partial charge in [-0.05, 0) is 36.8 Å². The molecule has 1 aliphatic rings. The van der Waals surface area contributed by atoms with Crippen molar-refractivity contribution >= 4 is 5.91 Å². The van der Waals surface area contributed by atoms with Gasteiger partial charge in [0.15, 0.2) is 11.5 Å². The summed E-state index contributed by atoms with van der Waals surface area (Å²) in [7, 11) is 0. The van der Waals surface area contributed by atoms with Gasteiger partial charge in [-0.25, -0.2) is 4.79 Å². The molecular weight excluding hydrogens is 402 g/mol. The van der Waals surface area contributed by atoms with Crippen molar-refractivity contribution in [3.05, 3.63) is 86.2 Å². The fourth-order valence-electron chi connectivity index (χ4n) is 3.10. The molecule has 9 nitrogen and oxygen atoms in total. The quantitative estimate of drug-likeness (QED) is 0.556. The van der Waals surface area contributed by atoms with Crippen LogP contribution in [0.25, 0.3) is 0 Å². The van der Waals surface area contributed by atoms with E-state index in [1.165, 1.54) is 0 Å². The average molecular weight is 423 g/mol. The number of aryl methyl sites for hydroxylation is 1. The van der Waals surface area contributed by atoms with E-state index in [2.05, 4.69) is 10.3 Å². The van der Waals surface area contributed by atoms with Crippen molar-refractivity contribution in [2.45, 2.75) is 13.5 Å². The van der Waals surface area contributed by atoms with Gasteiger partial charge in [0.05, 0.1) is 13.1 Å². The Hall–Kier alpha value is -4.01. The lowest BCUT2D eigenvalue weighted by Gasteiger charge is -2.10. The third kappa shape index (κ3) is 4.61. The Morgan fingerprint density at radius 1 is 1.13 bits per heavy atom. The molecule has 0 saturated carbocycles. The zero-order valence-corrected chi connectivity index (χ0v) is 16.8. The number of aromatic amines is 1. The fraction of sp³-hybridized carbons (Fsp3) is 0.227. The number of nitrogens with zero attached hydrogens (tertiary/aromatic N) is 1. The van der Waals surface area contributed by atoms with E-state index in [1.54, 1.807) is 18.2 Å². The van der Waals surface area contributed by atoms with E-state index in [9.17, 15) is 14.4 Å². The summed E-state index contributed by atoms with van der Waals surface area (Å²) in [6, 6.07) is 12.7. The molecule has 0 radical (unpaired) electrons. The summed E-state index contributed by atoms with van der Waals surface area (Å²) in [6.07, 6.45) is 1.12. The Bertz CT molecular complexity index is 1210. The summed E-state index contributed by atoms with van der Waals surface area (Å²) >= 11 is 0. The second-order valence-corrected chi connectivity index (χ2v) is 7.00. The second-order valence-electron chi connectivity index (χ2n) is 7.00. The molecule has 160 valence electrons. The first-order valence-corrected chi connectivity index (χ1v) is 9.70. The Morgan fingerprint density at radius 3 is 2.71 bits per heavy atom. The molecule has 9 heteroatoms. The van der Waals surface area contributed by atoms with Crippen molar-refractivity contribution in [2.75, 3.05) is 19.9 Å². The van der Waals surface area contributed by atoms with E-state index in [4.69, 9.17) is 14.2 Å². The molecule has 1 amide bonds. The maximum atomic E-state index is 12.8. The number of amides is 1. The van der Waals surface area contributed by atoms with Crippen molar-refractivity contribution < 1.29 is 19.0 Å². The molecule has 0 spiro atoms. The van der Waals surface area contributed by atoms with Gasteiger partial charge in [0.25, 0.3) is 11.5 Å². The van der Waals surface area contributed by atoms with Crippen LogP contribution in [-0.4, -0.2) is 35.4 Å². The number of ether oxygens (including phenoxy) is 3. The Kier molecular flexibility index (Phi) is 5.74. The van der Waals surface area contributed by atoms with E-state index < -0.39 is 17.2 Å². The molecule has 2 N–H and O–H groups in total. The van der Waals surface area contributed by atoms with E-state index in [0.717, 1.165) is 16.3 Å². The topological polar surface area (TPSA) is 112 Å². The van der Waals surface area contributed by atoms with Crippen LogP contribution in [0.3, 0.4) is 0 Å². The number of carbonyl (C=O) groups excluding carboxylic acids is 1. The van der Waals surface area contributed by atoms with Gasteiger partial charge in [0.2, 0.25) is 6.79 Å². The zero-order valence-electron chi connectivity index (χ0n) is 16.8. The summed E-state index contributed by atoms with van der Waals surface area (Å²) in [5.74, 6) is 1.25. The highest BCUT2D eigenvalue weighted by Gasteiger charge is 2.17. The third-order valence-electron chi connectivity index (χ3n) is 4.76. The van der Waals surface area contributed by atoms with Crippen LogP contribution in [0.4, 0.5) is 0 Å². The number of rotatable bonds is 7. The SMILES string of the molecule is Cc1ccc(OCCNC(=O)c2c[nH]c(=O)n(Cc3ccc4c(c3)OCO4)c2=O)cc1. The van der Waals surface area contributed by atoms with Crippen LogP contribution in [0.1, 0.15) is 21.5 Å². The van der Waals surface area contributed by atoms with Gasteiger partial charge in [0.1, 0.15) is 17.9 Å². The second kappa shape index (κ2) is 8.78. The lowest BCUT2D eigenvalue weighted by atomic mass is 10.2. The van der Waals surface area contributed by atoms with E-state index in [-0.39, 0.29) is 32.1 Å². The fourth-order valence-corrected chi connectivity index (χ4v) is 3.10. The van der Waals surface area contributed by atoms with Crippen molar-refractivity contribution in [1.29, 1.82) is 0 Å². The molecule has 3 aromatic rings. The molecule has 1 aromatic heterocycles. The van der Waals surface area contributed by atoms with E-state index in [1.807, 2.05) is 31.2 Å². The molecule has 0 bridgehead atoms. The van der Waals surface area contributed by atoms with Gasteiger partial charge in [0, 0.05) is 6.20 Å². The first-order valence-electron chi connectivity index (χ1n) is 9.70. The van der Waals surface area contributed by atoms with Gasteiger partial charge in [-0.15, -0.1) is 0 Å². The smallest absolute Gasteiger partial charge is 0.328 e. The maximum Gasteiger partial charge on any atom is 0.328 e. The summed E-state index contributed by atoms with van der Waals surface area (Å²) in [5.41, 5.74) is 0.340. The number of nitrogens with one attached hydrogen (secondary N) is 2. The van der Waals surface area contributed by atoms with Crippen LogP contribution < -0.4 is 30.8 Å². The molecule has 1 aliphatic heterocycles. The molecule has 2 aromatic carbocycles. The van der Waals surface area contributed by atoms with Crippen LogP contribution in [0.2, 0.25) is 0 Å². The van der Waals surface area contributed by atoms with Gasteiger partial charge >= 0.3 is 5.69 Å². The van der Waals surface area contributed by atoms with Crippen molar-refractivity contribution in [3.63, 3.8) is 0 Å². The number of fused-ring (bicyclic) bond motifs is 1. The van der Waals surface area contributed by atoms with Crippen molar-refractivity contribution in [3.8, 4) is 17.2 Å². The standard InChI is InChI=1S/C22H21N3O6/c1-14-2-5-16(6-3-14)29-9-8-23-20(26)17-11-24-22(28)25(21(17)27)12-15-4-7-18-19(10-15)31-13-30-18/h2-7,10-11H,8-9,12-13H2,1H3,(H,23,26)(H,24,28).